The molecule has 0 saturated heterocycles. The van der Waals surface area contributed by atoms with Crippen LogP contribution in [0.2, 0.25) is 10.0 Å². The molecule has 10 heteroatoms. The van der Waals surface area contributed by atoms with Gasteiger partial charge in [-0.05, 0) is 24.3 Å². The van der Waals surface area contributed by atoms with Crippen molar-refractivity contribution in [3.05, 3.63) is 73.3 Å². The summed E-state index contributed by atoms with van der Waals surface area (Å²) >= 11 is 11.9. The Morgan fingerprint density at radius 3 is 2.73 bits per heavy atom. The van der Waals surface area contributed by atoms with Gasteiger partial charge >= 0.3 is 5.69 Å². The number of hydrogen-bond donors (Lipinski definition) is 3. The van der Waals surface area contributed by atoms with Crippen LogP contribution in [-0.2, 0) is 11.3 Å². The van der Waals surface area contributed by atoms with Crippen molar-refractivity contribution >= 4 is 40.0 Å². The molecule has 1 amide bonds. The number of ether oxygens (including phenoxy) is 1. The van der Waals surface area contributed by atoms with Crippen molar-refractivity contribution in [3.63, 3.8) is 0 Å². The number of carbonyl (C=O) groups is 1. The molecule has 0 spiro atoms. The highest BCUT2D eigenvalue weighted by Gasteiger charge is 2.12. The van der Waals surface area contributed by atoms with Gasteiger partial charge in [-0.3, -0.25) is 19.1 Å². The number of carbonyl (C=O) groups excluding carboxylic acids is 1. The molecule has 1 unspecified atom stereocenters. The minimum atomic E-state index is -0.972. The van der Waals surface area contributed by atoms with Crippen LogP contribution in [0.1, 0.15) is 6.42 Å². The second kappa shape index (κ2) is 9.80. The summed E-state index contributed by atoms with van der Waals surface area (Å²) in [5, 5.41) is 13.5. The van der Waals surface area contributed by atoms with Crippen molar-refractivity contribution in [2.24, 2.45) is 0 Å². The Labute approximate surface area is 181 Å². The predicted octanol–water partition coefficient (Wildman–Crippen LogP) is 1.94. The van der Waals surface area contributed by atoms with Crippen molar-refractivity contribution in [1.82, 2.24) is 14.9 Å². The van der Waals surface area contributed by atoms with Crippen LogP contribution >= 0.6 is 23.2 Å². The van der Waals surface area contributed by atoms with E-state index in [1.165, 1.54) is 4.57 Å². The first-order valence-electron chi connectivity index (χ1n) is 9.10. The van der Waals surface area contributed by atoms with E-state index < -0.39 is 17.4 Å². The van der Waals surface area contributed by atoms with Gasteiger partial charge in [0.05, 0.1) is 15.9 Å². The summed E-state index contributed by atoms with van der Waals surface area (Å²) in [6.07, 6.45) is -0.982. The quantitative estimate of drug-likeness (QED) is 0.484. The highest BCUT2D eigenvalue weighted by atomic mass is 35.5. The predicted molar refractivity (Wildman–Crippen MR) is 114 cm³/mol. The summed E-state index contributed by atoms with van der Waals surface area (Å²) in [6.45, 7) is -0.0602. The molecule has 1 atom stereocenters. The van der Waals surface area contributed by atoms with E-state index in [4.69, 9.17) is 27.9 Å². The van der Waals surface area contributed by atoms with E-state index in [-0.39, 0.29) is 37.0 Å². The lowest BCUT2D eigenvalue weighted by Crippen LogP contribution is -2.36. The third kappa shape index (κ3) is 5.21. The maximum atomic E-state index is 12.1. The molecular weight excluding hydrogens is 433 g/mol. The summed E-state index contributed by atoms with van der Waals surface area (Å²) in [4.78, 5) is 38.3. The van der Waals surface area contributed by atoms with Crippen molar-refractivity contribution in [2.45, 2.75) is 19.1 Å². The number of aliphatic hydroxyl groups is 1. The molecular formula is C20H19Cl2N3O5. The molecule has 1 aromatic heterocycles. The van der Waals surface area contributed by atoms with Gasteiger partial charge < -0.3 is 15.2 Å². The molecule has 0 bridgehead atoms. The van der Waals surface area contributed by atoms with Gasteiger partial charge in [-0.2, -0.15) is 0 Å². The zero-order valence-electron chi connectivity index (χ0n) is 15.7. The van der Waals surface area contributed by atoms with E-state index in [1.54, 1.807) is 42.5 Å². The van der Waals surface area contributed by atoms with Gasteiger partial charge in [-0.15, -0.1) is 0 Å². The van der Waals surface area contributed by atoms with Crippen molar-refractivity contribution in [2.75, 3.05) is 13.2 Å². The number of hydrogen-bond acceptors (Lipinski definition) is 5. The standard InChI is InChI=1S/C20H19Cl2N3O5/c21-14-5-3-7-16(18(14)22)30-11-12(26)10-23-17(27)8-9-25-15-6-2-1-4-13(15)19(28)24-20(25)29/h1-7,12,26H,8-11H2,(H,23,27)(H,24,28,29). The Morgan fingerprint density at radius 2 is 1.93 bits per heavy atom. The summed E-state index contributed by atoms with van der Waals surface area (Å²) in [6, 6.07) is 11.5. The normalized spacial score (nSPS) is 12.0. The molecule has 0 aliphatic carbocycles. The van der Waals surface area contributed by atoms with E-state index >= 15 is 0 Å². The van der Waals surface area contributed by atoms with E-state index in [0.717, 1.165) is 0 Å². The van der Waals surface area contributed by atoms with Crippen LogP contribution in [0.25, 0.3) is 10.9 Å². The maximum Gasteiger partial charge on any atom is 0.328 e. The zero-order chi connectivity index (χ0) is 21.7. The molecule has 0 radical (unpaired) electrons. The first kappa shape index (κ1) is 21.9. The molecule has 2 aromatic carbocycles. The Kier molecular flexibility index (Phi) is 7.15. The smallest absolute Gasteiger partial charge is 0.328 e. The average Bonchev–Trinajstić information content (AvgIpc) is 2.73. The molecule has 158 valence electrons. The monoisotopic (exact) mass is 451 g/mol. The fourth-order valence-electron chi connectivity index (χ4n) is 2.84. The van der Waals surface area contributed by atoms with Gasteiger partial charge in [0.25, 0.3) is 5.56 Å². The molecule has 3 rings (SSSR count). The Morgan fingerprint density at radius 1 is 1.17 bits per heavy atom. The number of nitrogens with zero attached hydrogens (tertiary/aromatic N) is 1. The Balaban J connectivity index is 1.52. The van der Waals surface area contributed by atoms with E-state index in [0.29, 0.717) is 21.7 Å². The third-order valence-electron chi connectivity index (χ3n) is 4.35. The topological polar surface area (TPSA) is 113 Å². The van der Waals surface area contributed by atoms with Crippen LogP contribution in [0, 0.1) is 0 Å². The van der Waals surface area contributed by atoms with Crippen LogP contribution in [0.4, 0.5) is 0 Å². The van der Waals surface area contributed by atoms with Crippen LogP contribution in [0.15, 0.2) is 52.1 Å². The fourth-order valence-corrected chi connectivity index (χ4v) is 3.18. The number of aromatic amines is 1. The number of para-hydroxylation sites is 1. The van der Waals surface area contributed by atoms with Crippen molar-refractivity contribution in [3.8, 4) is 5.75 Å². The molecule has 0 fully saturated rings. The zero-order valence-corrected chi connectivity index (χ0v) is 17.2. The van der Waals surface area contributed by atoms with Crippen LogP contribution < -0.4 is 21.3 Å². The van der Waals surface area contributed by atoms with Crippen LogP contribution in [-0.4, -0.2) is 39.8 Å². The van der Waals surface area contributed by atoms with Crippen LogP contribution in [0.3, 0.4) is 0 Å². The third-order valence-corrected chi connectivity index (χ3v) is 5.15. The van der Waals surface area contributed by atoms with E-state index in [9.17, 15) is 19.5 Å². The molecule has 8 nitrogen and oxygen atoms in total. The van der Waals surface area contributed by atoms with Gasteiger partial charge in [0.15, 0.2) is 0 Å². The molecule has 0 aliphatic heterocycles. The maximum absolute atomic E-state index is 12.1. The largest absolute Gasteiger partial charge is 0.489 e. The number of amides is 1. The minimum Gasteiger partial charge on any atom is -0.489 e. The van der Waals surface area contributed by atoms with Gasteiger partial charge in [0.2, 0.25) is 5.91 Å². The molecule has 3 N–H and O–H groups in total. The molecule has 1 heterocycles. The molecule has 30 heavy (non-hydrogen) atoms. The first-order chi connectivity index (χ1) is 14.4. The summed E-state index contributed by atoms with van der Waals surface area (Å²) < 4.78 is 6.75. The second-order valence-electron chi connectivity index (χ2n) is 6.50. The lowest BCUT2D eigenvalue weighted by atomic mass is 10.2. The SMILES string of the molecule is O=C(CCn1c(=O)[nH]c(=O)c2ccccc21)NCC(O)COc1cccc(Cl)c1Cl. The lowest BCUT2D eigenvalue weighted by Gasteiger charge is -2.15. The Hall–Kier alpha value is -2.81. The van der Waals surface area contributed by atoms with Gasteiger partial charge in [-0.1, -0.05) is 41.4 Å². The number of halogens is 2. The molecule has 3 aromatic rings. The minimum absolute atomic E-state index is 0.0103. The number of aryl methyl sites for hydroxylation is 1. The fraction of sp³-hybridized carbons (Fsp3) is 0.250. The highest BCUT2D eigenvalue weighted by molar-refractivity contribution is 6.42. The van der Waals surface area contributed by atoms with Gasteiger partial charge in [-0.25, -0.2) is 4.79 Å². The number of nitrogens with one attached hydrogen (secondary N) is 2. The van der Waals surface area contributed by atoms with Crippen molar-refractivity contribution < 1.29 is 14.6 Å². The number of rotatable bonds is 8. The average molecular weight is 452 g/mol. The lowest BCUT2D eigenvalue weighted by molar-refractivity contribution is -0.121. The number of aliphatic hydroxyl groups excluding tert-OH is 1. The van der Waals surface area contributed by atoms with Crippen molar-refractivity contribution in [1.29, 1.82) is 0 Å². The first-order valence-corrected chi connectivity index (χ1v) is 9.86. The second-order valence-corrected chi connectivity index (χ2v) is 7.28. The summed E-state index contributed by atoms with van der Waals surface area (Å²) in [5.74, 6) is -0.0316. The number of benzene rings is 2. The Bertz CT molecular complexity index is 1180. The highest BCUT2D eigenvalue weighted by Crippen LogP contribution is 2.31. The van der Waals surface area contributed by atoms with E-state index in [1.807, 2.05) is 0 Å². The van der Waals surface area contributed by atoms with Crippen LogP contribution in [0.5, 0.6) is 5.75 Å². The number of H-pyrrole nitrogens is 1. The summed E-state index contributed by atoms with van der Waals surface area (Å²) in [5.41, 5.74) is -0.608. The van der Waals surface area contributed by atoms with Gasteiger partial charge in [0.1, 0.15) is 23.5 Å². The summed E-state index contributed by atoms with van der Waals surface area (Å²) in [7, 11) is 0. The van der Waals surface area contributed by atoms with E-state index in [2.05, 4.69) is 10.3 Å². The molecule has 0 saturated carbocycles. The molecule has 0 aliphatic rings. The number of aromatic nitrogens is 2. The van der Waals surface area contributed by atoms with Gasteiger partial charge in [0, 0.05) is 19.5 Å². The number of fused-ring (bicyclic) bond motifs is 1.